The van der Waals surface area contributed by atoms with E-state index in [-0.39, 0.29) is 6.61 Å². The smallest absolute Gasteiger partial charge is 0.0644 e. The molecule has 0 spiro atoms. The lowest BCUT2D eigenvalue weighted by Gasteiger charge is -2.37. The lowest BCUT2D eigenvalue weighted by atomic mass is 10.1. The first kappa shape index (κ1) is 18.0. The van der Waals surface area contributed by atoms with Gasteiger partial charge in [0.1, 0.15) is 0 Å². The number of hydrogen-bond acceptors (Lipinski definition) is 4. The number of rotatable bonds is 5. The summed E-state index contributed by atoms with van der Waals surface area (Å²) in [6.45, 7) is 14.5. The SMILES string of the molecule is Cc1ccc(C)c(N2CCN(Cc3c(C)nn(CCO)c3C)CC2)c1. The molecule has 136 valence electrons. The van der Waals surface area contributed by atoms with Crippen LogP contribution in [-0.2, 0) is 13.1 Å². The minimum Gasteiger partial charge on any atom is -0.394 e. The number of aryl methyl sites for hydroxylation is 3. The van der Waals surface area contributed by atoms with E-state index in [9.17, 15) is 0 Å². The topological polar surface area (TPSA) is 44.5 Å². The molecule has 1 N–H and O–H groups in total. The van der Waals surface area contributed by atoms with Gasteiger partial charge < -0.3 is 10.0 Å². The third-order valence-electron chi connectivity index (χ3n) is 5.30. The largest absolute Gasteiger partial charge is 0.394 e. The maximum Gasteiger partial charge on any atom is 0.0644 e. The van der Waals surface area contributed by atoms with Gasteiger partial charge in [0, 0.05) is 49.7 Å². The molecule has 1 aliphatic heterocycles. The standard InChI is InChI=1S/C20H30N4O/c1-15-5-6-16(2)20(13-15)23-9-7-22(8-10-23)14-19-17(3)21-24(11-12-25)18(19)4/h5-6,13,25H,7-12,14H2,1-4H3. The summed E-state index contributed by atoms with van der Waals surface area (Å²) < 4.78 is 1.93. The molecule has 1 aromatic carbocycles. The van der Waals surface area contributed by atoms with Gasteiger partial charge in [0.05, 0.1) is 18.8 Å². The van der Waals surface area contributed by atoms with Crippen molar-refractivity contribution in [3.63, 3.8) is 0 Å². The van der Waals surface area contributed by atoms with Crippen molar-refractivity contribution in [3.05, 3.63) is 46.3 Å². The van der Waals surface area contributed by atoms with Crippen LogP contribution in [0, 0.1) is 27.7 Å². The predicted octanol–water partition coefficient (Wildman–Crippen LogP) is 2.43. The second-order valence-electron chi connectivity index (χ2n) is 7.15. The Morgan fingerprint density at radius 1 is 1.04 bits per heavy atom. The fourth-order valence-corrected chi connectivity index (χ4v) is 3.71. The van der Waals surface area contributed by atoms with Crippen LogP contribution in [0.25, 0.3) is 0 Å². The van der Waals surface area contributed by atoms with E-state index in [1.54, 1.807) is 0 Å². The van der Waals surface area contributed by atoms with Crippen LogP contribution < -0.4 is 4.90 Å². The van der Waals surface area contributed by atoms with Crippen molar-refractivity contribution in [2.75, 3.05) is 37.7 Å². The van der Waals surface area contributed by atoms with Crippen LogP contribution >= 0.6 is 0 Å². The molecule has 3 rings (SSSR count). The number of nitrogens with zero attached hydrogens (tertiary/aromatic N) is 4. The van der Waals surface area contributed by atoms with Gasteiger partial charge in [-0.05, 0) is 44.9 Å². The first-order chi connectivity index (χ1) is 12.0. The summed E-state index contributed by atoms with van der Waals surface area (Å²) >= 11 is 0. The summed E-state index contributed by atoms with van der Waals surface area (Å²) in [5.41, 5.74) is 7.64. The second-order valence-corrected chi connectivity index (χ2v) is 7.15. The van der Waals surface area contributed by atoms with E-state index in [0.717, 1.165) is 38.4 Å². The van der Waals surface area contributed by atoms with Crippen LogP contribution in [0.15, 0.2) is 18.2 Å². The Morgan fingerprint density at radius 3 is 2.44 bits per heavy atom. The molecular weight excluding hydrogens is 312 g/mol. The summed E-state index contributed by atoms with van der Waals surface area (Å²) in [5.74, 6) is 0. The van der Waals surface area contributed by atoms with E-state index in [1.807, 2.05) is 4.68 Å². The minimum absolute atomic E-state index is 0.135. The molecule has 1 aromatic heterocycles. The zero-order valence-corrected chi connectivity index (χ0v) is 15.9. The molecule has 1 fully saturated rings. The molecule has 25 heavy (non-hydrogen) atoms. The fourth-order valence-electron chi connectivity index (χ4n) is 3.71. The monoisotopic (exact) mass is 342 g/mol. The molecule has 0 aliphatic carbocycles. The van der Waals surface area contributed by atoms with Crippen LogP contribution in [0.4, 0.5) is 5.69 Å². The van der Waals surface area contributed by atoms with Crippen LogP contribution in [-0.4, -0.2) is 52.6 Å². The predicted molar refractivity (Wildman–Crippen MR) is 102 cm³/mol. The van der Waals surface area contributed by atoms with Gasteiger partial charge in [-0.2, -0.15) is 5.10 Å². The van der Waals surface area contributed by atoms with E-state index in [4.69, 9.17) is 5.11 Å². The summed E-state index contributed by atoms with van der Waals surface area (Å²) in [4.78, 5) is 5.02. The van der Waals surface area contributed by atoms with Crippen molar-refractivity contribution in [3.8, 4) is 0 Å². The Kier molecular flexibility index (Phi) is 5.45. The van der Waals surface area contributed by atoms with Crippen LogP contribution in [0.1, 0.15) is 28.1 Å². The van der Waals surface area contributed by atoms with E-state index in [2.05, 4.69) is 60.8 Å². The lowest BCUT2D eigenvalue weighted by Crippen LogP contribution is -2.46. The second kappa shape index (κ2) is 7.58. The number of aromatic nitrogens is 2. The van der Waals surface area contributed by atoms with E-state index in [0.29, 0.717) is 6.54 Å². The average Bonchev–Trinajstić information content (AvgIpc) is 2.86. The number of hydrogen-bond donors (Lipinski definition) is 1. The molecule has 0 radical (unpaired) electrons. The molecular formula is C20H30N4O. The van der Waals surface area contributed by atoms with Crippen LogP contribution in [0.3, 0.4) is 0 Å². The highest BCUT2D eigenvalue weighted by atomic mass is 16.3. The van der Waals surface area contributed by atoms with Gasteiger partial charge in [0.15, 0.2) is 0 Å². The molecule has 0 atom stereocenters. The molecule has 2 heterocycles. The highest BCUT2D eigenvalue weighted by molar-refractivity contribution is 5.55. The molecule has 0 bridgehead atoms. The van der Waals surface area contributed by atoms with Crippen molar-refractivity contribution in [2.45, 2.75) is 40.8 Å². The molecule has 5 nitrogen and oxygen atoms in total. The zero-order valence-electron chi connectivity index (χ0n) is 15.9. The molecule has 2 aromatic rings. The number of anilines is 1. The summed E-state index contributed by atoms with van der Waals surface area (Å²) in [6.07, 6.45) is 0. The molecule has 0 saturated carbocycles. The number of piperazine rings is 1. The lowest BCUT2D eigenvalue weighted by molar-refractivity contribution is 0.248. The summed E-state index contributed by atoms with van der Waals surface area (Å²) in [5, 5.41) is 13.7. The minimum atomic E-state index is 0.135. The van der Waals surface area contributed by atoms with Gasteiger partial charge in [0.2, 0.25) is 0 Å². The number of aliphatic hydroxyl groups excluding tert-OH is 1. The van der Waals surface area contributed by atoms with Gasteiger partial charge in [0.25, 0.3) is 0 Å². The van der Waals surface area contributed by atoms with E-state index < -0.39 is 0 Å². The molecule has 0 unspecified atom stereocenters. The highest BCUT2D eigenvalue weighted by Gasteiger charge is 2.21. The van der Waals surface area contributed by atoms with Gasteiger partial charge >= 0.3 is 0 Å². The van der Waals surface area contributed by atoms with Crippen molar-refractivity contribution < 1.29 is 5.11 Å². The first-order valence-electron chi connectivity index (χ1n) is 9.18. The van der Waals surface area contributed by atoms with Gasteiger partial charge in [-0.3, -0.25) is 9.58 Å². The Balaban J connectivity index is 1.64. The van der Waals surface area contributed by atoms with E-state index >= 15 is 0 Å². The Bertz CT molecular complexity index is 730. The third kappa shape index (κ3) is 3.88. The van der Waals surface area contributed by atoms with E-state index in [1.165, 1.54) is 28.1 Å². The average molecular weight is 342 g/mol. The first-order valence-corrected chi connectivity index (χ1v) is 9.18. The van der Waals surface area contributed by atoms with Crippen molar-refractivity contribution >= 4 is 5.69 Å². The summed E-state index contributed by atoms with van der Waals surface area (Å²) in [7, 11) is 0. The van der Waals surface area contributed by atoms with Crippen molar-refractivity contribution in [2.24, 2.45) is 0 Å². The zero-order chi connectivity index (χ0) is 18.0. The molecule has 1 saturated heterocycles. The third-order valence-corrected chi connectivity index (χ3v) is 5.30. The molecule has 1 aliphatic rings. The van der Waals surface area contributed by atoms with Gasteiger partial charge in [-0.1, -0.05) is 12.1 Å². The van der Waals surface area contributed by atoms with Gasteiger partial charge in [-0.25, -0.2) is 0 Å². The van der Waals surface area contributed by atoms with Crippen LogP contribution in [0.5, 0.6) is 0 Å². The maximum atomic E-state index is 9.17. The Labute approximate surface area is 150 Å². The van der Waals surface area contributed by atoms with Crippen LogP contribution in [0.2, 0.25) is 0 Å². The quantitative estimate of drug-likeness (QED) is 0.906. The molecule has 0 amide bonds. The number of aliphatic hydroxyl groups is 1. The Hall–Kier alpha value is -1.85. The summed E-state index contributed by atoms with van der Waals surface area (Å²) in [6, 6.07) is 6.71. The molecule has 5 heteroatoms. The van der Waals surface area contributed by atoms with Gasteiger partial charge in [-0.15, -0.1) is 0 Å². The Morgan fingerprint density at radius 2 is 1.76 bits per heavy atom. The maximum absolute atomic E-state index is 9.17. The number of benzene rings is 1. The van der Waals surface area contributed by atoms with Crippen molar-refractivity contribution in [1.82, 2.24) is 14.7 Å². The van der Waals surface area contributed by atoms with Crippen molar-refractivity contribution in [1.29, 1.82) is 0 Å². The highest BCUT2D eigenvalue weighted by Crippen LogP contribution is 2.24. The normalized spacial score (nSPS) is 15.8. The fraction of sp³-hybridized carbons (Fsp3) is 0.550.